The van der Waals surface area contributed by atoms with Gasteiger partial charge >= 0.3 is 0 Å². The lowest BCUT2D eigenvalue weighted by atomic mass is 10.0. The van der Waals surface area contributed by atoms with Crippen LogP contribution in [0.3, 0.4) is 0 Å². The molecule has 138 valence electrons. The van der Waals surface area contributed by atoms with Gasteiger partial charge in [0.05, 0.1) is 22.4 Å². The summed E-state index contributed by atoms with van der Waals surface area (Å²) in [6, 6.07) is 14.9. The molecular weight excluding hydrogens is 368 g/mol. The summed E-state index contributed by atoms with van der Waals surface area (Å²) in [7, 11) is 0. The molecule has 28 heavy (non-hydrogen) atoms. The van der Waals surface area contributed by atoms with Crippen molar-refractivity contribution >= 4 is 39.3 Å². The minimum Gasteiger partial charge on any atom is -0.360 e. The van der Waals surface area contributed by atoms with E-state index in [2.05, 4.69) is 74.0 Å². The topological polar surface area (TPSA) is 76.4 Å². The lowest BCUT2D eigenvalue weighted by Crippen LogP contribution is -2.25. The molecule has 0 amide bonds. The number of aromatic nitrogens is 5. The normalized spacial score (nSPS) is 13.2. The first-order valence-corrected chi connectivity index (χ1v) is 10.4. The molecule has 0 spiro atoms. The summed E-state index contributed by atoms with van der Waals surface area (Å²) < 4.78 is 0. The van der Waals surface area contributed by atoms with Crippen LogP contribution in [0.15, 0.2) is 53.7 Å². The molecule has 4 heterocycles. The van der Waals surface area contributed by atoms with Crippen LogP contribution >= 0.6 is 11.8 Å². The predicted molar refractivity (Wildman–Crippen MR) is 114 cm³/mol. The number of benzene rings is 2. The van der Waals surface area contributed by atoms with Gasteiger partial charge in [-0.3, -0.25) is 5.10 Å². The third-order valence-electron chi connectivity index (χ3n) is 5.45. The Kier molecular flexibility index (Phi) is 3.34. The number of aromatic amines is 3. The molecule has 0 bridgehead atoms. The SMILES string of the molecule is CSc1n[nH]c2c1CN(Cc1ccccc1)c1c-2nc2cc3[nH][nH]cc3cc12. The summed E-state index contributed by atoms with van der Waals surface area (Å²) in [5.74, 6) is 0. The van der Waals surface area contributed by atoms with Crippen LogP contribution in [0.4, 0.5) is 5.69 Å². The fourth-order valence-corrected chi connectivity index (χ4v) is 4.72. The van der Waals surface area contributed by atoms with E-state index in [1.807, 2.05) is 6.20 Å². The molecule has 0 saturated carbocycles. The van der Waals surface area contributed by atoms with E-state index in [1.54, 1.807) is 11.8 Å². The summed E-state index contributed by atoms with van der Waals surface area (Å²) in [5, 5.41) is 17.4. The minimum absolute atomic E-state index is 0.821. The first kappa shape index (κ1) is 15.8. The van der Waals surface area contributed by atoms with E-state index in [4.69, 9.17) is 4.98 Å². The Morgan fingerprint density at radius 3 is 2.93 bits per heavy atom. The third kappa shape index (κ3) is 2.23. The summed E-state index contributed by atoms with van der Waals surface area (Å²) >= 11 is 1.68. The molecule has 3 N–H and O–H groups in total. The quantitative estimate of drug-likeness (QED) is 0.394. The summed E-state index contributed by atoms with van der Waals surface area (Å²) in [6.45, 7) is 1.66. The molecule has 0 saturated heterocycles. The standard InChI is InChI=1S/C21H18N6S/c1-28-21-15-11-27(10-12-5-3-2-4-6-12)20-14-7-13-9-22-24-16(13)8-17(14)23-19(20)18(15)25-26-21/h2-9,22,24H,10-11H2,1H3,(H,25,26). The molecule has 0 unspecified atom stereocenters. The van der Waals surface area contributed by atoms with Crippen molar-refractivity contribution < 1.29 is 0 Å². The van der Waals surface area contributed by atoms with Gasteiger partial charge in [0.1, 0.15) is 10.7 Å². The highest BCUT2D eigenvalue weighted by atomic mass is 32.2. The van der Waals surface area contributed by atoms with E-state index in [0.717, 1.165) is 45.9 Å². The Labute approximate surface area is 165 Å². The maximum absolute atomic E-state index is 5.01. The van der Waals surface area contributed by atoms with Crippen LogP contribution in [-0.2, 0) is 13.1 Å². The third-order valence-corrected chi connectivity index (χ3v) is 6.18. The van der Waals surface area contributed by atoms with Crippen molar-refractivity contribution in [1.29, 1.82) is 0 Å². The van der Waals surface area contributed by atoms with Crippen molar-refractivity contribution in [2.75, 3.05) is 11.2 Å². The Balaban J connectivity index is 1.60. The molecule has 0 fully saturated rings. The van der Waals surface area contributed by atoms with E-state index in [0.29, 0.717) is 0 Å². The molecule has 2 aromatic carbocycles. The van der Waals surface area contributed by atoms with E-state index < -0.39 is 0 Å². The van der Waals surface area contributed by atoms with E-state index >= 15 is 0 Å². The molecule has 0 aliphatic carbocycles. The molecule has 3 aromatic heterocycles. The van der Waals surface area contributed by atoms with Crippen LogP contribution in [0.25, 0.3) is 33.2 Å². The highest BCUT2D eigenvalue weighted by Crippen LogP contribution is 2.45. The van der Waals surface area contributed by atoms with Crippen LogP contribution in [0.5, 0.6) is 0 Å². The van der Waals surface area contributed by atoms with Gasteiger partial charge in [0, 0.05) is 35.6 Å². The number of fused-ring (bicyclic) bond motifs is 6. The molecule has 6 rings (SSSR count). The second-order valence-electron chi connectivity index (χ2n) is 7.11. The number of rotatable bonds is 3. The lowest BCUT2D eigenvalue weighted by molar-refractivity contribution is 0.785. The second kappa shape index (κ2) is 5.90. The molecule has 1 aliphatic rings. The number of nitrogens with one attached hydrogen (secondary N) is 3. The Hall–Kier alpha value is -3.19. The molecule has 0 radical (unpaired) electrons. The molecule has 0 atom stereocenters. The maximum atomic E-state index is 5.01. The van der Waals surface area contributed by atoms with Crippen molar-refractivity contribution in [3.05, 3.63) is 59.8 Å². The minimum atomic E-state index is 0.821. The maximum Gasteiger partial charge on any atom is 0.123 e. The molecule has 5 aromatic rings. The first-order chi connectivity index (χ1) is 13.8. The van der Waals surface area contributed by atoms with Crippen molar-refractivity contribution in [1.82, 2.24) is 25.4 Å². The largest absolute Gasteiger partial charge is 0.360 e. The number of nitrogens with zero attached hydrogens (tertiary/aromatic N) is 3. The zero-order chi connectivity index (χ0) is 18.7. The zero-order valence-corrected chi connectivity index (χ0v) is 16.1. The Bertz CT molecular complexity index is 1310. The summed E-state index contributed by atoms with van der Waals surface area (Å²) in [5.41, 5.74) is 7.82. The molecule has 6 nitrogen and oxygen atoms in total. The van der Waals surface area contributed by atoms with Crippen LogP contribution in [-0.4, -0.2) is 31.6 Å². The number of hydrogen-bond donors (Lipinski definition) is 3. The lowest BCUT2D eigenvalue weighted by Gasteiger charge is -2.29. The van der Waals surface area contributed by atoms with Crippen LogP contribution in [0.1, 0.15) is 11.1 Å². The van der Waals surface area contributed by atoms with Gasteiger partial charge < -0.3 is 15.1 Å². The summed E-state index contributed by atoms with van der Waals surface area (Å²) in [6.07, 6.45) is 4.06. The molecule has 1 aliphatic heterocycles. The Morgan fingerprint density at radius 2 is 2.07 bits per heavy atom. The monoisotopic (exact) mass is 386 g/mol. The van der Waals surface area contributed by atoms with E-state index in [1.165, 1.54) is 22.2 Å². The average molecular weight is 386 g/mol. The van der Waals surface area contributed by atoms with E-state index in [9.17, 15) is 0 Å². The zero-order valence-electron chi connectivity index (χ0n) is 15.3. The average Bonchev–Trinajstić information content (AvgIpc) is 3.42. The fraction of sp³-hybridized carbons (Fsp3) is 0.143. The van der Waals surface area contributed by atoms with Crippen LogP contribution < -0.4 is 4.90 Å². The van der Waals surface area contributed by atoms with Crippen molar-refractivity contribution in [3.8, 4) is 11.4 Å². The predicted octanol–water partition coefficient (Wildman–Crippen LogP) is 4.68. The van der Waals surface area contributed by atoms with Crippen LogP contribution in [0.2, 0.25) is 0 Å². The van der Waals surface area contributed by atoms with Gasteiger partial charge in [-0.1, -0.05) is 30.3 Å². The van der Waals surface area contributed by atoms with Crippen LogP contribution in [0, 0.1) is 0 Å². The number of anilines is 1. The van der Waals surface area contributed by atoms with Gasteiger partial charge in [0.2, 0.25) is 0 Å². The Morgan fingerprint density at radius 1 is 1.18 bits per heavy atom. The van der Waals surface area contributed by atoms with Gasteiger partial charge in [-0.2, -0.15) is 5.10 Å². The van der Waals surface area contributed by atoms with Crippen molar-refractivity contribution in [3.63, 3.8) is 0 Å². The van der Waals surface area contributed by atoms with Gasteiger partial charge in [0.15, 0.2) is 0 Å². The van der Waals surface area contributed by atoms with Gasteiger partial charge in [-0.15, -0.1) is 11.8 Å². The van der Waals surface area contributed by atoms with Crippen molar-refractivity contribution in [2.45, 2.75) is 18.1 Å². The van der Waals surface area contributed by atoms with Gasteiger partial charge in [0.25, 0.3) is 0 Å². The summed E-state index contributed by atoms with van der Waals surface area (Å²) in [4.78, 5) is 7.44. The highest BCUT2D eigenvalue weighted by molar-refractivity contribution is 7.98. The smallest absolute Gasteiger partial charge is 0.123 e. The van der Waals surface area contributed by atoms with Gasteiger partial charge in [-0.05, 0) is 24.0 Å². The van der Waals surface area contributed by atoms with Crippen molar-refractivity contribution in [2.24, 2.45) is 0 Å². The number of H-pyrrole nitrogens is 3. The second-order valence-corrected chi connectivity index (χ2v) is 7.90. The number of hydrogen-bond acceptors (Lipinski definition) is 4. The first-order valence-electron chi connectivity index (χ1n) is 9.21. The highest BCUT2D eigenvalue weighted by Gasteiger charge is 2.31. The molecule has 7 heteroatoms. The number of thioether (sulfide) groups is 1. The van der Waals surface area contributed by atoms with E-state index in [-0.39, 0.29) is 0 Å². The van der Waals surface area contributed by atoms with Gasteiger partial charge in [-0.25, -0.2) is 4.98 Å². The fourth-order valence-electron chi connectivity index (χ4n) is 4.17. The molecular formula is C21H18N6S.